The number of anilines is 1. The van der Waals surface area contributed by atoms with Crippen molar-refractivity contribution >= 4 is 40.2 Å². The number of urea groups is 1. The van der Waals surface area contributed by atoms with Gasteiger partial charge < -0.3 is 15.4 Å². The molecule has 2 N–H and O–H groups in total. The molecule has 2 aliphatic heterocycles. The average Bonchev–Trinajstić information content (AvgIpc) is 3.26. The molecule has 2 fully saturated rings. The first kappa shape index (κ1) is 16.5. The normalized spacial score (nSPS) is 22.2. The Bertz CT molecular complexity index is 576. The Morgan fingerprint density at radius 2 is 2.48 bits per heavy atom. The Morgan fingerprint density at radius 1 is 1.61 bits per heavy atom. The zero-order chi connectivity index (χ0) is 16.2. The molecule has 3 amide bonds. The van der Waals surface area contributed by atoms with Crippen LogP contribution < -0.4 is 10.6 Å². The predicted molar refractivity (Wildman–Crippen MR) is 87.8 cm³/mol. The Hall–Kier alpha value is -1.39. The Balaban J connectivity index is 1.49. The van der Waals surface area contributed by atoms with Crippen molar-refractivity contribution in [2.24, 2.45) is 0 Å². The summed E-state index contributed by atoms with van der Waals surface area (Å²) in [6, 6.07) is -0.321. The Morgan fingerprint density at radius 3 is 3.17 bits per heavy atom. The third-order valence-electron chi connectivity index (χ3n) is 3.66. The molecule has 8 nitrogen and oxygen atoms in total. The molecule has 0 bridgehead atoms. The van der Waals surface area contributed by atoms with Crippen LogP contribution in [0, 0.1) is 0 Å². The van der Waals surface area contributed by atoms with Gasteiger partial charge in [0.05, 0.1) is 11.4 Å². The van der Waals surface area contributed by atoms with Crippen molar-refractivity contribution in [2.45, 2.75) is 35.5 Å². The van der Waals surface area contributed by atoms with Crippen LogP contribution >= 0.6 is 23.1 Å². The predicted octanol–water partition coefficient (Wildman–Crippen LogP) is 1.16. The summed E-state index contributed by atoms with van der Waals surface area (Å²) in [6.45, 7) is 4.26. The van der Waals surface area contributed by atoms with Gasteiger partial charge >= 0.3 is 6.03 Å². The fraction of sp³-hybridized carbons (Fsp3) is 0.692. The largest absolute Gasteiger partial charge is 0.376 e. The molecule has 2 saturated heterocycles. The summed E-state index contributed by atoms with van der Waals surface area (Å²) in [4.78, 5) is 25.0. The van der Waals surface area contributed by atoms with Gasteiger partial charge in [0.15, 0.2) is 4.34 Å². The van der Waals surface area contributed by atoms with Gasteiger partial charge in [-0.05, 0) is 19.8 Å². The van der Waals surface area contributed by atoms with Gasteiger partial charge in [-0.15, -0.1) is 10.2 Å². The number of imide groups is 1. The smallest absolute Gasteiger partial charge is 0.324 e. The van der Waals surface area contributed by atoms with Crippen LogP contribution in [0.4, 0.5) is 9.93 Å². The Kier molecular flexibility index (Phi) is 5.34. The van der Waals surface area contributed by atoms with Crippen molar-refractivity contribution < 1.29 is 14.3 Å². The minimum atomic E-state index is -0.377. The molecule has 2 atom stereocenters. The zero-order valence-electron chi connectivity index (χ0n) is 12.8. The van der Waals surface area contributed by atoms with Crippen LogP contribution in [0.15, 0.2) is 4.34 Å². The molecular weight excluding hydrogens is 338 g/mol. The molecule has 126 valence electrons. The first-order valence-electron chi connectivity index (χ1n) is 7.58. The second-order valence-corrected chi connectivity index (χ2v) is 7.94. The summed E-state index contributed by atoms with van der Waals surface area (Å²) in [6.07, 6.45) is 2.41. The molecule has 10 heteroatoms. The van der Waals surface area contributed by atoms with Gasteiger partial charge in [-0.2, -0.15) is 0 Å². The molecule has 0 spiro atoms. The molecule has 1 aromatic heterocycles. The van der Waals surface area contributed by atoms with Gasteiger partial charge in [-0.25, -0.2) is 4.79 Å². The van der Waals surface area contributed by atoms with Crippen molar-refractivity contribution in [3.05, 3.63) is 0 Å². The van der Waals surface area contributed by atoms with Gasteiger partial charge in [-0.3, -0.25) is 9.69 Å². The van der Waals surface area contributed by atoms with E-state index in [0.29, 0.717) is 17.4 Å². The number of carbonyl (C=O) groups excluding carboxylic acids is 2. The van der Waals surface area contributed by atoms with Gasteiger partial charge in [0.25, 0.3) is 0 Å². The van der Waals surface area contributed by atoms with E-state index >= 15 is 0 Å². The molecule has 3 rings (SSSR count). The van der Waals surface area contributed by atoms with E-state index in [4.69, 9.17) is 4.74 Å². The van der Waals surface area contributed by atoms with Gasteiger partial charge in [-0.1, -0.05) is 23.1 Å². The van der Waals surface area contributed by atoms with Crippen LogP contribution in [0.5, 0.6) is 0 Å². The summed E-state index contributed by atoms with van der Waals surface area (Å²) in [7, 11) is 0. The van der Waals surface area contributed by atoms with Crippen molar-refractivity contribution in [1.29, 1.82) is 0 Å². The van der Waals surface area contributed by atoms with E-state index in [1.165, 1.54) is 28.0 Å². The van der Waals surface area contributed by atoms with Gasteiger partial charge in [0.2, 0.25) is 11.0 Å². The van der Waals surface area contributed by atoms with Gasteiger partial charge in [0, 0.05) is 26.2 Å². The maximum atomic E-state index is 12.2. The van der Waals surface area contributed by atoms with Crippen LogP contribution in [-0.2, 0) is 9.53 Å². The number of hydrogen-bond acceptors (Lipinski definition) is 8. The number of aromatic nitrogens is 2. The molecule has 0 saturated carbocycles. The zero-order valence-corrected chi connectivity index (χ0v) is 14.4. The number of nitrogens with zero attached hydrogens (tertiary/aromatic N) is 3. The van der Waals surface area contributed by atoms with Crippen LogP contribution in [0.1, 0.15) is 19.8 Å². The van der Waals surface area contributed by atoms with E-state index in [0.717, 1.165) is 31.1 Å². The highest BCUT2D eigenvalue weighted by Crippen LogP contribution is 2.30. The number of thioether (sulfide) groups is 1. The summed E-state index contributed by atoms with van der Waals surface area (Å²) in [5.41, 5.74) is 0. The lowest BCUT2D eigenvalue weighted by Crippen LogP contribution is -2.38. The summed E-state index contributed by atoms with van der Waals surface area (Å²) in [5, 5.41) is 14.4. The lowest BCUT2D eigenvalue weighted by atomic mass is 10.2. The minimum absolute atomic E-state index is 0.200. The number of carbonyl (C=O) groups is 2. The highest BCUT2D eigenvalue weighted by atomic mass is 32.2. The average molecular weight is 357 g/mol. The van der Waals surface area contributed by atoms with Crippen LogP contribution in [0.25, 0.3) is 0 Å². The summed E-state index contributed by atoms with van der Waals surface area (Å²) >= 11 is 2.73. The van der Waals surface area contributed by atoms with E-state index in [1.54, 1.807) is 6.92 Å². The number of hydrogen-bond donors (Lipinski definition) is 2. The fourth-order valence-corrected chi connectivity index (χ4v) is 4.40. The topological polar surface area (TPSA) is 96.5 Å². The molecule has 0 aliphatic carbocycles. The van der Waals surface area contributed by atoms with Crippen LogP contribution in [0.3, 0.4) is 0 Å². The number of nitrogens with one attached hydrogen (secondary N) is 2. The summed E-state index contributed by atoms with van der Waals surface area (Å²) in [5.74, 6) is -0.200. The SMILES string of the molecule is C[C@H](Sc1nnc(NC[C@@H]2CCCO2)s1)C(=O)N1CCNC1=O. The van der Waals surface area contributed by atoms with Gasteiger partial charge in [0.1, 0.15) is 0 Å². The molecule has 0 aromatic carbocycles. The number of ether oxygens (including phenoxy) is 1. The van der Waals surface area contributed by atoms with Crippen LogP contribution in [-0.4, -0.2) is 64.6 Å². The lowest BCUT2D eigenvalue weighted by molar-refractivity contribution is -0.126. The minimum Gasteiger partial charge on any atom is -0.376 e. The van der Waals surface area contributed by atoms with Crippen molar-refractivity contribution in [1.82, 2.24) is 20.4 Å². The highest BCUT2D eigenvalue weighted by molar-refractivity contribution is 8.02. The molecule has 0 radical (unpaired) electrons. The lowest BCUT2D eigenvalue weighted by Gasteiger charge is -2.16. The number of rotatable bonds is 6. The highest BCUT2D eigenvalue weighted by Gasteiger charge is 2.30. The van der Waals surface area contributed by atoms with E-state index in [1.807, 2.05) is 0 Å². The molecule has 3 heterocycles. The fourth-order valence-electron chi connectivity index (χ4n) is 2.44. The van der Waals surface area contributed by atoms with Crippen molar-refractivity contribution in [3.8, 4) is 0 Å². The second kappa shape index (κ2) is 7.45. The Labute approximate surface area is 142 Å². The third kappa shape index (κ3) is 4.12. The van der Waals surface area contributed by atoms with E-state index in [-0.39, 0.29) is 23.3 Å². The monoisotopic (exact) mass is 357 g/mol. The molecule has 2 aliphatic rings. The quantitative estimate of drug-likeness (QED) is 0.738. The first-order valence-corrected chi connectivity index (χ1v) is 9.28. The second-order valence-electron chi connectivity index (χ2n) is 5.37. The summed E-state index contributed by atoms with van der Waals surface area (Å²) < 4.78 is 6.25. The standard InChI is InChI=1S/C13H19N5O3S2/c1-8(10(19)18-5-4-14-12(18)20)22-13-17-16-11(23-13)15-7-9-3-2-6-21-9/h8-9H,2-7H2,1H3,(H,14,20)(H,15,16)/t8-,9-/m0/s1. The van der Waals surface area contributed by atoms with E-state index in [9.17, 15) is 9.59 Å². The third-order valence-corrected chi connectivity index (χ3v) is 5.71. The van der Waals surface area contributed by atoms with Crippen molar-refractivity contribution in [2.75, 3.05) is 31.6 Å². The maximum absolute atomic E-state index is 12.2. The molecule has 1 aromatic rings. The van der Waals surface area contributed by atoms with Crippen molar-refractivity contribution in [3.63, 3.8) is 0 Å². The number of amides is 3. The molecule has 23 heavy (non-hydrogen) atoms. The van der Waals surface area contributed by atoms with Crippen LogP contribution in [0.2, 0.25) is 0 Å². The molecule has 0 unspecified atom stereocenters. The molecular formula is C13H19N5O3S2. The van der Waals surface area contributed by atoms with E-state index in [2.05, 4.69) is 20.8 Å². The first-order chi connectivity index (χ1) is 11.1. The maximum Gasteiger partial charge on any atom is 0.324 e. The van der Waals surface area contributed by atoms with E-state index < -0.39 is 0 Å².